The molecule has 0 unspecified atom stereocenters. The summed E-state index contributed by atoms with van der Waals surface area (Å²) in [5.41, 5.74) is 0.918. The van der Waals surface area contributed by atoms with Gasteiger partial charge in [-0.15, -0.1) is 0 Å². The average molecular weight is 189 g/mol. The molecule has 1 heterocycles. The number of hydrogen-bond acceptors (Lipinski definition) is 3. The highest BCUT2D eigenvalue weighted by molar-refractivity contribution is 7.99. The molecule has 0 saturated heterocycles. The molecule has 0 aromatic carbocycles. The SMILES string of the molecule is CCSc1nc(C)cc(Cl)n1. The smallest absolute Gasteiger partial charge is 0.189 e. The van der Waals surface area contributed by atoms with Crippen molar-refractivity contribution < 1.29 is 0 Å². The number of hydrogen-bond donors (Lipinski definition) is 0. The molecular weight excluding hydrogens is 180 g/mol. The van der Waals surface area contributed by atoms with Gasteiger partial charge in [0, 0.05) is 5.69 Å². The van der Waals surface area contributed by atoms with Crippen molar-refractivity contribution in [3.8, 4) is 0 Å². The van der Waals surface area contributed by atoms with E-state index in [0.29, 0.717) is 5.15 Å². The molecule has 1 aromatic rings. The number of thioether (sulfide) groups is 1. The van der Waals surface area contributed by atoms with Crippen LogP contribution in [-0.2, 0) is 0 Å². The van der Waals surface area contributed by atoms with Crippen LogP contribution in [0, 0.1) is 6.92 Å². The Labute approximate surface area is 75.4 Å². The fraction of sp³-hybridized carbons (Fsp3) is 0.429. The van der Waals surface area contributed by atoms with Gasteiger partial charge in [-0.3, -0.25) is 0 Å². The fourth-order valence-corrected chi connectivity index (χ4v) is 1.62. The van der Waals surface area contributed by atoms with E-state index in [0.717, 1.165) is 16.6 Å². The Kier molecular flexibility index (Phi) is 3.15. The van der Waals surface area contributed by atoms with Gasteiger partial charge in [0.1, 0.15) is 5.15 Å². The molecule has 0 aliphatic heterocycles. The van der Waals surface area contributed by atoms with Gasteiger partial charge in [-0.1, -0.05) is 30.3 Å². The highest BCUT2D eigenvalue weighted by Crippen LogP contribution is 2.15. The van der Waals surface area contributed by atoms with Crippen LogP contribution in [0.15, 0.2) is 11.2 Å². The molecule has 0 aliphatic carbocycles. The second kappa shape index (κ2) is 3.93. The van der Waals surface area contributed by atoms with Crippen LogP contribution in [0.3, 0.4) is 0 Å². The van der Waals surface area contributed by atoms with Crippen molar-refractivity contribution in [2.75, 3.05) is 5.75 Å². The van der Waals surface area contributed by atoms with Crippen molar-refractivity contribution in [2.24, 2.45) is 0 Å². The molecule has 0 N–H and O–H groups in total. The normalized spacial score (nSPS) is 10.1. The molecule has 0 atom stereocenters. The van der Waals surface area contributed by atoms with Crippen LogP contribution in [0.4, 0.5) is 0 Å². The van der Waals surface area contributed by atoms with E-state index in [-0.39, 0.29) is 0 Å². The number of aryl methyl sites for hydroxylation is 1. The molecule has 0 bridgehead atoms. The minimum atomic E-state index is 0.522. The maximum atomic E-state index is 5.72. The highest BCUT2D eigenvalue weighted by atomic mass is 35.5. The molecule has 0 radical (unpaired) electrons. The van der Waals surface area contributed by atoms with E-state index in [1.54, 1.807) is 17.8 Å². The minimum absolute atomic E-state index is 0.522. The molecular formula is C7H9ClN2S. The monoisotopic (exact) mass is 188 g/mol. The van der Waals surface area contributed by atoms with Crippen molar-refractivity contribution in [1.29, 1.82) is 0 Å². The lowest BCUT2D eigenvalue weighted by molar-refractivity contribution is 0.933. The Hall–Kier alpha value is -0.280. The van der Waals surface area contributed by atoms with Gasteiger partial charge in [0.15, 0.2) is 5.16 Å². The zero-order valence-electron chi connectivity index (χ0n) is 6.47. The molecule has 1 aromatic heterocycles. The summed E-state index contributed by atoms with van der Waals surface area (Å²) in [5, 5.41) is 1.28. The summed E-state index contributed by atoms with van der Waals surface area (Å²) < 4.78 is 0. The van der Waals surface area contributed by atoms with Gasteiger partial charge in [0.2, 0.25) is 0 Å². The summed E-state index contributed by atoms with van der Waals surface area (Å²) in [7, 11) is 0. The number of nitrogens with zero attached hydrogens (tertiary/aromatic N) is 2. The van der Waals surface area contributed by atoms with Gasteiger partial charge in [-0.2, -0.15) is 0 Å². The van der Waals surface area contributed by atoms with Gasteiger partial charge >= 0.3 is 0 Å². The Morgan fingerprint density at radius 3 is 2.82 bits per heavy atom. The van der Waals surface area contributed by atoms with Crippen molar-refractivity contribution in [1.82, 2.24) is 9.97 Å². The van der Waals surface area contributed by atoms with Gasteiger partial charge in [-0.25, -0.2) is 9.97 Å². The molecule has 0 fully saturated rings. The summed E-state index contributed by atoms with van der Waals surface area (Å²) in [6.45, 7) is 3.97. The lowest BCUT2D eigenvalue weighted by Crippen LogP contribution is -1.89. The summed E-state index contributed by atoms with van der Waals surface area (Å²) in [6, 6.07) is 1.75. The van der Waals surface area contributed by atoms with Crippen molar-refractivity contribution in [2.45, 2.75) is 19.0 Å². The van der Waals surface area contributed by atoms with Crippen LogP contribution in [0.25, 0.3) is 0 Å². The first-order valence-electron chi connectivity index (χ1n) is 3.36. The van der Waals surface area contributed by atoms with E-state index in [9.17, 15) is 0 Å². The standard InChI is InChI=1S/C7H9ClN2S/c1-3-11-7-9-5(2)4-6(8)10-7/h4H,3H2,1-2H3. The van der Waals surface area contributed by atoms with E-state index in [1.165, 1.54) is 0 Å². The first-order valence-corrected chi connectivity index (χ1v) is 4.72. The Morgan fingerprint density at radius 2 is 2.27 bits per heavy atom. The van der Waals surface area contributed by atoms with E-state index >= 15 is 0 Å². The number of aromatic nitrogens is 2. The van der Waals surface area contributed by atoms with E-state index in [1.807, 2.05) is 6.92 Å². The highest BCUT2D eigenvalue weighted by Gasteiger charge is 1.98. The quantitative estimate of drug-likeness (QED) is 0.405. The van der Waals surface area contributed by atoms with E-state index < -0.39 is 0 Å². The largest absolute Gasteiger partial charge is 0.228 e. The molecule has 0 aliphatic rings. The third kappa shape index (κ3) is 2.67. The van der Waals surface area contributed by atoms with E-state index in [2.05, 4.69) is 16.9 Å². The van der Waals surface area contributed by atoms with Crippen molar-refractivity contribution >= 4 is 23.4 Å². The van der Waals surface area contributed by atoms with E-state index in [4.69, 9.17) is 11.6 Å². The topological polar surface area (TPSA) is 25.8 Å². The van der Waals surface area contributed by atoms with Crippen molar-refractivity contribution in [3.63, 3.8) is 0 Å². The van der Waals surface area contributed by atoms with Crippen LogP contribution in [0.2, 0.25) is 5.15 Å². The second-order valence-electron chi connectivity index (χ2n) is 2.05. The molecule has 4 heteroatoms. The third-order valence-corrected chi connectivity index (χ3v) is 2.00. The predicted molar refractivity (Wildman–Crippen MR) is 48.2 cm³/mol. The molecule has 11 heavy (non-hydrogen) atoms. The van der Waals surface area contributed by atoms with Gasteiger partial charge in [0.05, 0.1) is 0 Å². The second-order valence-corrected chi connectivity index (χ2v) is 3.67. The fourth-order valence-electron chi connectivity index (χ4n) is 0.698. The van der Waals surface area contributed by atoms with Crippen LogP contribution in [0.1, 0.15) is 12.6 Å². The van der Waals surface area contributed by atoms with Crippen LogP contribution in [0.5, 0.6) is 0 Å². The van der Waals surface area contributed by atoms with Gasteiger partial charge < -0.3 is 0 Å². The summed E-state index contributed by atoms with van der Waals surface area (Å²) in [6.07, 6.45) is 0. The Morgan fingerprint density at radius 1 is 1.55 bits per heavy atom. The maximum Gasteiger partial charge on any atom is 0.189 e. The van der Waals surface area contributed by atoms with Crippen LogP contribution < -0.4 is 0 Å². The van der Waals surface area contributed by atoms with Crippen LogP contribution in [-0.4, -0.2) is 15.7 Å². The molecule has 0 amide bonds. The van der Waals surface area contributed by atoms with Gasteiger partial charge in [0.25, 0.3) is 0 Å². The summed E-state index contributed by atoms with van der Waals surface area (Å²) >= 11 is 7.32. The molecule has 0 saturated carbocycles. The molecule has 0 spiro atoms. The Bertz CT molecular complexity index is 232. The Balaban J connectivity index is 2.89. The summed E-state index contributed by atoms with van der Waals surface area (Å²) in [5.74, 6) is 0.972. The van der Waals surface area contributed by atoms with Crippen LogP contribution >= 0.6 is 23.4 Å². The zero-order valence-corrected chi connectivity index (χ0v) is 8.04. The summed E-state index contributed by atoms with van der Waals surface area (Å²) in [4.78, 5) is 8.23. The third-order valence-electron chi connectivity index (χ3n) is 1.08. The first kappa shape index (κ1) is 8.81. The predicted octanol–water partition coefficient (Wildman–Crippen LogP) is 2.55. The lowest BCUT2D eigenvalue weighted by atomic mass is 10.5. The molecule has 60 valence electrons. The number of rotatable bonds is 2. The minimum Gasteiger partial charge on any atom is -0.228 e. The van der Waals surface area contributed by atoms with Crippen molar-refractivity contribution in [3.05, 3.63) is 16.9 Å². The maximum absolute atomic E-state index is 5.72. The molecule has 2 nitrogen and oxygen atoms in total. The zero-order chi connectivity index (χ0) is 8.27. The average Bonchev–Trinajstić information content (AvgIpc) is 1.85. The van der Waals surface area contributed by atoms with Gasteiger partial charge in [-0.05, 0) is 18.7 Å². The first-order chi connectivity index (χ1) is 5.22. The lowest BCUT2D eigenvalue weighted by Gasteiger charge is -1.98. The number of halogens is 1. The molecule has 1 rings (SSSR count).